The van der Waals surface area contributed by atoms with Crippen LogP contribution in [-0.2, 0) is 11.3 Å². The summed E-state index contributed by atoms with van der Waals surface area (Å²) in [6.07, 6.45) is 12.9. The summed E-state index contributed by atoms with van der Waals surface area (Å²) in [7, 11) is 0. The van der Waals surface area contributed by atoms with E-state index in [1.807, 2.05) is 36.4 Å². The average Bonchev–Trinajstić information content (AvgIpc) is 3.50. The minimum Gasteiger partial charge on any atom is -0.359 e. The second-order valence-electron chi connectivity index (χ2n) is 17.5. The van der Waals surface area contributed by atoms with E-state index in [0.29, 0.717) is 47.4 Å². The Morgan fingerprint density at radius 2 is 1.71 bits per heavy atom. The number of aromatic nitrogens is 1. The van der Waals surface area contributed by atoms with Gasteiger partial charge in [-0.05, 0) is 109 Å². The molecule has 4 saturated carbocycles. The van der Waals surface area contributed by atoms with Crippen LogP contribution in [0.3, 0.4) is 0 Å². The molecule has 3 N–H and O–H groups in total. The Morgan fingerprint density at radius 3 is 2.47 bits per heavy atom. The summed E-state index contributed by atoms with van der Waals surface area (Å²) in [5.41, 5.74) is 10.7. The highest BCUT2D eigenvalue weighted by Gasteiger charge is 2.69. The van der Waals surface area contributed by atoms with Crippen molar-refractivity contribution in [1.29, 1.82) is 0 Å². The van der Waals surface area contributed by atoms with Crippen molar-refractivity contribution in [2.24, 2.45) is 62.4 Å². The molecular formula is C40H57N3O2. The molecular weight excluding hydrogens is 554 g/mol. The highest BCUT2D eigenvalue weighted by Crippen LogP contribution is 2.75. The van der Waals surface area contributed by atoms with E-state index in [9.17, 15) is 4.79 Å². The van der Waals surface area contributed by atoms with Crippen LogP contribution in [0.5, 0.6) is 0 Å². The number of allylic oxidation sites excluding steroid dienone is 2. The molecule has 2 unspecified atom stereocenters. The smallest absolute Gasteiger partial charge is 0.227 e. The van der Waals surface area contributed by atoms with Crippen molar-refractivity contribution in [3.63, 3.8) is 0 Å². The number of rotatable bonds is 4. The van der Waals surface area contributed by atoms with Gasteiger partial charge in [0.05, 0.1) is 12.0 Å². The van der Waals surface area contributed by atoms with E-state index in [1.165, 1.54) is 19.3 Å². The molecule has 1 heterocycles. The van der Waals surface area contributed by atoms with Gasteiger partial charge in [-0.3, -0.25) is 4.79 Å². The van der Waals surface area contributed by atoms with Gasteiger partial charge in [-0.2, -0.15) is 0 Å². The first-order valence-corrected chi connectivity index (χ1v) is 18.0. The number of carbonyl (C=O) groups excluding carboxylic acids is 1. The van der Waals surface area contributed by atoms with Crippen molar-refractivity contribution in [3.05, 3.63) is 53.8 Å². The maximum Gasteiger partial charge on any atom is 0.227 e. The van der Waals surface area contributed by atoms with Crippen molar-refractivity contribution in [1.82, 2.24) is 10.5 Å². The number of carbonyl (C=O) groups is 1. The van der Waals surface area contributed by atoms with Crippen LogP contribution in [0.4, 0.5) is 0 Å². The fourth-order valence-electron chi connectivity index (χ4n) is 12.4. The highest BCUT2D eigenvalue weighted by molar-refractivity contribution is 5.84. The Kier molecular flexibility index (Phi) is 7.32. The zero-order valence-electron chi connectivity index (χ0n) is 28.9. The first-order chi connectivity index (χ1) is 21.3. The third kappa shape index (κ3) is 4.34. The Morgan fingerprint density at radius 1 is 0.956 bits per heavy atom. The molecule has 0 aliphatic heterocycles. The molecule has 5 nitrogen and oxygen atoms in total. The molecule has 0 spiro atoms. The summed E-state index contributed by atoms with van der Waals surface area (Å²) in [4.78, 5) is 14.5. The topological polar surface area (TPSA) is 81.2 Å². The first-order valence-electron chi connectivity index (χ1n) is 18.0. The average molecular weight is 612 g/mol. The van der Waals surface area contributed by atoms with Gasteiger partial charge in [-0.25, -0.2) is 0 Å². The maximum absolute atomic E-state index is 14.5. The predicted molar refractivity (Wildman–Crippen MR) is 181 cm³/mol. The number of amides is 1. The Labute approximate surface area is 271 Å². The molecule has 1 aromatic heterocycles. The third-order valence-electron chi connectivity index (χ3n) is 15.6. The van der Waals surface area contributed by atoms with Crippen molar-refractivity contribution in [3.8, 4) is 11.3 Å². The Hall–Kier alpha value is -2.40. The van der Waals surface area contributed by atoms with Gasteiger partial charge in [0.15, 0.2) is 5.76 Å². The second kappa shape index (κ2) is 10.6. The van der Waals surface area contributed by atoms with Crippen LogP contribution in [0, 0.1) is 56.7 Å². The molecule has 0 saturated heterocycles. The lowest BCUT2D eigenvalue weighted by Gasteiger charge is -2.71. The number of hydrogen-bond acceptors (Lipinski definition) is 4. The van der Waals surface area contributed by atoms with Crippen LogP contribution in [0.1, 0.15) is 112 Å². The van der Waals surface area contributed by atoms with Crippen molar-refractivity contribution >= 4 is 5.91 Å². The Bertz CT molecular complexity index is 1480. The summed E-state index contributed by atoms with van der Waals surface area (Å²) in [6, 6.07) is 12.3. The molecule has 7 rings (SSSR count). The highest BCUT2D eigenvalue weighted by atomic mass is 16.5. The van der Waals surface area contributed by atoms with Crippen LogP contribution < -0.4 is 11.1 Å². The number of nitrogens with one attached hydrogen (secondary N) is 1. The number of fused-ring (bicyclic) bond motifs is 7. The molecule has 0 radical (unpaired) electrons. The summed E-state index contributed by atoms with van der Waals surface area (Å²) < 4.78 is 5.69. The monoisotopic (exact) mass is 611 g/mol. The molecule has 10 atom stereocenters. The predicted octanol–water partition coefficient (Wildman–Crippen LogP) is 8.94. The van der Waals surface area contributed by atoms with E-state index in [1.54, 1.807) is 5.57 Å². The number of benzene rings is 1. The van der Waals surface area contributed by atoms with E-state index in [2.05, 4.69) is 65.0 Å². The standard InChI is InChI=1S/C40H57N3O2/c1-25-15-20-40(35(44)42-24-28-23-30(43-45-28)27-11-9-8-10-12-27)22-21-38(6)29(34(40)26(25)2)13-14-32-37(5)18-17-33(41)36(3,4)31(37)16-19-39(32,38)7/h8-13,23,25-26,31-34H,14-22,24,41H2,1-7H3,(H,42,44)/t25-,26+,31?,32?,33+,34+,37+,38-,39-,40+/m1/s1. The van der Waals surface area contributed by atoms with Gasteiger partial charge in [-0.15, -0.1) is 0 Å². The van der Waals surface area contributed by atoms with Gasteiger partial charge in [0.25, 0.3) is 0 Å². The van der Waals surface area contributed by atoms with Gasteiger partial charge in [0, 0.05) is 17.7 Å². The van der Waals surface area contributed by atoms with Crippen molar-refractivity contribution in [2.45, 2.75) is 119 Å². The molecule has 1 amide bonds. The lowest BCUT2D eigenvalue weighted by molar-refractivity contribution is -0.187. The van der Waals surface area contributed by atoms with Gasteiger partial charge >= 0.3 is 0 Å². The van der Waals surface area contributed by atoms with Crippen LogP contribution in [-0.4, -0.2) is 17.1 Å². The van der Waals surface area contributed by atoms with Crippen molar-refractivity contribution in [2.75, 3.05) is 0 Å². The minimum atomic E-state index is -0.358. The molecule has 4 fully saturated rings. The van der Waals surface area contributed by atoms with E-state index in [4.69, 9.17) is 10.3 Å². The molecule has 1 aromatic carbocycles. The molecule has 45 heavy (non-hydrogen) atoms. The third-order valence-corrected chi connectivity index (χ3v) is 15.6. The zero-order valence-corrected chi connectivity index (χ0v) is 28.9. The number of hydrogen-bond donors (Lipinski definition) is 2. The van der Waals surface area contributed by atoms with Gasteiger partial charge in [0.1, 0.15) is 5.69 Å². The van der Waals surface area contributed by atoms with Gasteiger partial charge in [0.2, 0.25) is 5.91 Å². The van der Waals surface area contributed by atoms with Crippen LogP contribution >= 0.6 is 0 Å². The SMILES string of the molecule is C[C@H]1[C@H](C)CC[C@]2(C(=O)NCc3cc(-c4ccccc4)no3)CC[C@]3(C)C(=CCC4[C@@]5(C)CC[C@H](N)C(C)(C)C5CC[C@]43C)[C@H]12. The quantitative estimate of drug-likeness (QED) is 0.338. The van der Waals surface area contributed by atoms with E-state index >= 15 is 0 Å². The molecule has 5 aliphatic carbocycles. The zero-order chi connectivity index (χ0) is 32.0. The Balaban J connectivity index is 1.19. The lowest BCUT2D eigenvalue weighted by Crippen LogP contribution is -2.66. The molecule has 5 heteroatoms. The first kappa shape index (κ1) is 31.2. The largest absolute Gasteiger partial charge is 0.359 e. The van der Waals surface area contributed by atoms with E-state index < -0.39 is 0 Å². The van der Waals surface area contributed by atoms with Crippen molar-refractivity contribution < 1.29 is 9.32 Å². The fourth-order valence-corrected chi connectivity index (χ4v) is 12.4. The van der Waals surface area contributed by atoms with E-state index in [-0.39, 0.29) is 33.5 Å². The lowest BCUT2D eigenvalue weighted by atomic mass is 9.33. The molecule has 2 aromatic rings. The van der Waals surface area contributed by atoms with Gasteiger partial charge in [-0.1, -0.05) is 95.6 Å². The summed E-state index contributed by atoms with van der Waals surface area (Å²) >= 11 is 0. The minimum absolute atomic E-state index is 0.114. The maximum atomic E-state index is 14.5. The normalized spacial score (nSPS) is 43.6. The fraction of sp³-hybridized carbons (Fsp3) is 0.700. The summed E-state index contributed by atoms with van der Waals surface area (Å²) in [6.45, 7) is 18.1. The number of nitrogens with two attached hydrogens (primary N) is 1. The summed E-state index contributed by atoms with van der Waals surface area (Å²) in [5, 5.41) is 7.67. The molecule has 5 aliphatic rings. The van der Waals surface area contributed by atoms with Crippen LogP contribution in [0.2, 0.25) is 0 Å². The molecule has 244 valence electrons. The van der Waals surface area contributed by atoms with Crippen LogP contribution in [0.25, 0.3) is 11.3 Å². The summed E-state index contributed by atoms with van der Waals surface area (Å²) in [5.74, 6) is 3.64. The number of nitrogens with zero attached hydrogens (tertiary/aromatic N) is 1. The van der Waals surface area contributed by atoms with Crippen LogP contribution in [0.15, 0.2) is 52.6 Å². The second-order valence-corrected chi connectivity index (χ2v) is 17.5. The molecule has 0 bridgehead atoms. The van der Waals surface area contributed by atoms with E-state index in [0.717, 1.165) is 49.8 Å². The van der Waals surface area contributed by atoms with Gasteiger partial charge < -0.3 is 15.6 Å².